The van der Waals surface area contributed by atoms with Crippen molar-refractivity contribution in [2.75, 3.05) is 13.2 Å². The van der Waals surface area contributed by atoms with Crippen LogP contribution in [0.25, 0.3) is 0 Å². The summed E-state index contributed by atoms with van der Waals surface area (Å²) in [6, 6.07) is 0. The second-order valence-electron chi connectivity index (χ2n) is 16.8. The number of esters is 2. The van der Waals surface area contributed by atoms with E-state index in [4.69, 9.17) is 18.5 Å². The number of hydrogen-bond donors (Lipinski definition) is 7. The number of rotatable bonds is 39. The van der Waals surface area contributed by atoms with Crippen molar-refractivity contribution in [2.45, 2.75) is 217 Å². The highest BCUT2D eigenvalue weighted by atomic mass is 31.2. The summed E-state index contributed by atoms with van der Waals surface area (Å²) < 4.78 is 33.5. The minimum Gasteiger partial charge on any atom is -0.462 e. The second-order valence-corrected chi connectivity index (χ2v) is 18.2. The summed E-state index contributed by atoms with van der Waals surface area (Å²) in [5, 5.41) is 60.1. The van der Waals surface area contributed by atoms with Crippen LogP contribution in [-0.2, 0) is 32.7 Å². The molecule has 0 radical (unpaired) electrons. The van der Waals surface area contributed by atoms with Crippen molar-refractivity contribution in [2.24, 2.45) is 0 Å². The third kappa shape index (κ3) is 31.8. The second kappa shape index (κ2) is 39.3. The lowest BCUT2D eigenvalue weighted by Crippen LogP contribution is -2.64. The summed E-state index contributed by atoms with van der Waals surface area (Å²) in [6.07, 6.45) is 32.7. The first-order valence-corrected chi connectivity index (χ1v) is 25.8. The summed E-state index contributed by atoms with van der Waals surface area (Å²) in [5.74, 6) is -1.17. The quantitative estimate of drug-likeness (QED) is 0.0100. The van der Waals surface area contributed by atoms with Crippen LogP contribution in [0, 0.1) is 0 Å². The maximum Gasteiger partial charge on any atom is 0.472 e. The van der Waals surface area contributed by atoms with E-state index in [-0.39, 0.29) is 12.8 Å². The zero-order valence-corrected chi connectivity index (χ0v) is 40.3. The normalized spacial score (nSPS) is 22.5. The smallest absolute Gasteiger partial charge is 0.462 e. The van der Waals surface area contributed by atoms with Crippen LogP contribution in [0.5, 0.6) is 0 Å². The Morgan fingerprint density at radius 2 is 1.06 bits per heavy atom. The van der Waals surface area contributed by atoms with E-state index >= 15 is 0 Å². The number of allylic oxidation sites excluding steroid dienone is 10. The van der Waals surface area contributed by atoms with Crippen LogP contribution < -0.4 is 0 Å². The van der Waals surface area contributed by atoms with Gasteiger partial charge in [-0.3, -0.25) is 18.6 Å². The van der Waals surface area contributed by atoms with Gasteiger partial charge in [-0.15, -0.1) is 0 Å². The van der Waals surface area contributed by atoms with Gasteiger partial charge in [-0.25, -0.2) is 4.57 Å². The number of ether oxygens (including phenoxy) is 2. The molecule has 65 heavy (non-hydrogen) atoms. The highest BCUT2D eigenvalue weighted by Gasteiger charge is 2.51. The Morgan fingerprint density at radius 3 is 1.63 bits per heavy atom. The first-order chi connectivity index (χ1) is 31.3. The zero-order valence-electron chi connectivity index (χ0n) is 39.4. The van der Waals surface area contributed by atoms with Gasteiger partial charge in [-0.05, 0) is 77.0 Å². The van der Waals surface area contributed by atoms with Crippen LogP contribution in [0.1, 0.15) is 168 Å². The summed E-state index contributed by atoms with van der Waals surface area (Å²) >= 11 is 0. The lowest BCUT2D eigenvalue weighted by atomic mass is 9.85. The van der Waals surface area contributed by atoms with Crippen molar-refractivity contribution in [3.63, 3.8) is 0 Å². The van der Waals surface area contributed by atoms with Crippen LogP contribution in [0.3, 0.4) is 0 Å². The molecular formula is C50H85O14P. The summed E-state index contributed by atoms with van der Waals surface area (Å²) in [7, 11) is -5.15. The Morgan fingerprint density at radius 1 is 0.569 bits per heavy atom. The number of aliphatic hydroxyl groups is 6. The van der Waals surface area contributed by atoms with Crippen molar-refractivity contribution in [1.29, 1.82) is 0 Å². The third-order valence-corrected chi connectivity index (χ3v) is 11.8. The molecule has 0 aliphatic heterocycles. The molecule has 0 amide bonds. The minimum atomic E-state index is -5.15. The molecule has 0 saturated heterocycles. The van der Waals surface area contributed by atoms with Crippen LogP contribution >= 0.6 is 7.82 Å². The monoisotopic (exact) mass is 941 g/mol. The van der Waals surface area contributed by atoms with Gasteiger partial charge < -0.3 is 45.0 Å². The molecule has 374 valence electrons. The molecule has 0 aromatic heterocycles. The SMILES string of the molecule is CC/C=C/CC(O)/C=C/C=C/CCCCCCCC(=O)O[C@H](COC(=O)CCCCCCCC/C=C\C/C=C\C/C=C\CCCCCC)COP(=O)(O)OC1[C@H](O)[C@H](O)C(O)[C@H](O)[C@H]1O. The largest absolute Gasteiger partial charge is 0.472 e. The van der Waals surface area contributed by atoms with Gasteiger partial charge in [0.25, 0.3) is 0 Å². The lowest BCUT2D eigenvalue weighted by Gasteiger charge is -2.41. The minimum absolute atomic E-state index is 0.0435. The maximum absolute atomic E-state index is 12.8. The van der Waals surface area contributed by atoms with E-state index in [0.717, 1.165) is 89.9 Å². The number of phosphoric ester groups is 1. The number of aliphatic hydroxyl groups excluding tert-OH is 6. The van der Waals surface area contributed by atoms with Gasteiger partial charge in [-0.1, -0.05) is 151 Å². The Balaban J connectivity index is 2.47. The molecular weight excluding hydrogens is 856 g/mol. The van der Waals surface area contributed by atoms with E-state index in [0.29, 0.717) is 19.3 Å². The first kappa shape index (κ1) is 60.3. The first-order valence-electron chi connectivity index (χ1n) is 24.3. The van der Waals surface area contributed by atoms with Crippen molar-refractivity contribution in [3.8, 4) is 0 Å². The highest BCUT2D eigenvalue weighted by molar-refractivity contribution is 7.47. The maximum atomic E-state index is 12.8. The summed E-state index contributed by atoms with van der Waals surface area (Å²) in [5.41, 5.74) is 0. The van der Waals surface area contributed by atoms with E-state index in [9.17, 15) is 49.7 Å². The van der Waals surface area contributed by atoms with Crippen LogP contribution in [-0.4, -0.2) is 110 Å². The number of hydrogen-bond acceptors (Lipinski definition) is 13. The highest BCUT2D eigenvalue weighted by Crippen LogP contribution is 2.47. The predicted molar refractivity (Wildman–Crippen MR) is 255 cm³/mol. The summed E-state index contributed by atoms with van der Waals surface area (Å²) in [6.45, 7) is 3.04. The topological polar surface area (TPSA) is 230 Å². The van der Waals surface area contributed by atoms with Gasteiger partial charge in [0, 0.05) is 12.8 Å². The molecule has 0 bridgehead atoms. The van der Waals surface area contributed by atoms with E-state index < -0.39 is 81.8 Å². The van der Waals surface area contributed by atoms with E-state index in [1.807, 2.05) is 37.3 Å². The average molecular weight is 941 g/mol. The lowest BCUT2D eigenvalue weighted by molar-refractivity contribution is -0.220. The molecule has 0 aromatic carbocycles. The van der Waals surface area contributed by atoms with Crippen molar-refractivity contribution in [1.82, 2.24) is 0 Å². The van der Waals surface area contributed by atoms with Gasteiger partial charge >= 0.3 is 19.8 Å². The van der Waals surface area contributed by atoms with Crippen molar-refractivity contribution >= 4 is 19.8 Å². The molecule has 1 aliphatic rings. The molecule has 0 heterocycles. The van der Waals surface area contributed by atoms with Gasteiger partial charge in [0.05, 0.1) is 12.7 Å². The Labute approximate surface area is 389 Å². The number of carbonyl (C=O) groups excluding carboxylic acids is 2. The van der Waals surface area contributed by atoms with Gasteiger partial charge in [0.15, 0.2) is 6.10 Å². The fourth-order valence-electron chi connectivity index (χ4n) is 6.92. The van der Waals surface area contributed by atoms with Crippen LogP contribution in [0.15, 0.2) is 72.9 Å². The fraction of sp³-hybridized carbons (Fsp3) is 0.720. The Hall–Kier alpha value is -2.75. The molecule has 15 heteroatoms. The predicted octanol–water partition coefficient (Wildman–Crippen LogP) is 8.86. The fourth-order valence-corrected chi connectivity index (χ4v) is 7.89. The molecule has 4 unspecified atom stereocenters. The average Bonchev–Trinajstić information content (AvgIpc) is 3.28. The molecule has 1 fully saturated rings. The molecule has 14 nitrogen and oxygen atoms in total. The van der Waals surface area contributed by atoms with Crippen molar-refractivity contribution < 1.29 is 68.2 Å². The number of carbonyl (C=O) groups is 2. The van der Waals surface area contributed by atoms with E-state index in [1.165, 1.54) is 32.1 Å². The molecule has 1 saturated carbocycles. The zero-order chi connectivity index (χ0) is 48.0. The number of unbranched alkanes of at least 4 members (excludes halogenated alkanes) is 15. The molecule has 9 atom stereocenters. The van der Waals surface area contributed by atoms with Crippen LogP contribution in [0.2, 0.25) is 0 Å². The van der Waals surface area contributed by atoms with Crippen molar-refractivity contribution in [3.05, 3.63) is 72.9 Å². The Bertz CT molecular complexity index is 1430. The molecule has 0 aromatic rings. The molecule has 1 rings (SSSR count). The van der Waals surface area contributed by atoms with E-state index in [1.54, 1.807) is 6.08 Å². The molecule has 0 spiro atoms. The Kier molecular flexibility index (Phi) is 36.4. The van der Waals surface area contributed by atoms with Gasteiger partial charge in [0.2, 0.25) is 0 Å². The van der Waals surface area contributed by atoms with Gasteiger partial charge in [-0.2, -0.15) is 0 Å². The van der Waals surface area contributed by atoms with Crippen LogP contribution in [0.4, 0.5) is 0 Å². The van der Waals surface area contributed by atoms with Gasteiger partial charge in [0.1, 0.15) is 43.2 Å². The summed E-state index contributed by atoms with van der Waals surface area (Å²) in [4.78, 5) is 35.8. The standard InChI is InChI=1S/C50H85O14P/c1-3-5-7-8-9-10-11-12-13-14-15-16-17-18-19-20-23-26-29-33-37-43(52)61-39-42(40-62-65(59,60)64-50-48(57)46(55)45(54)47(56)49(50)58)63-44(53)38-34-30-27-24-21-22-25-28-32-36-41(51)35-31-6-4-2/h6,10-11,13-14,16-17,25,28,31-32,36,41-42,45-51,54-58H,3-5,7-9,12,15,18-24,26-27,29-30,33-35,37-40H2,1-2H3,(H,59,60)/b11-10-,14-13-,17-16-,28-25+,31-6+,36-32+/t41?,42-,45?,46-,47+,48-,49-,50?/m1/s1. The van der Waals surface area contributed by atoms with E-state index in [2.05, 4.69) is 43.4 Å². The number of phosphoric acid groups is 1. The third-order valence-electron chi connectivity index (χ3n) is 10.9. The molecule has 1 aliphatic carbocycles. The molecule has 7 N–H and O–H groups in total.